The van der Waals surface area contributed by atoms with Gasteiger partial charge in [0.1, 0.15) is 0 Å². The molecule has 0 aliphatic carbocycles. The van der Waals surface area contributed by atoms with Crippen molar-refractivity contribution in [3.8, 4) is 22.3 Å². The molecule has 0 bridgehead atoms. The fourth-order valence-electron chi connectivity index (χ4n) is 2.77. The molecular formula is C21H16Br2F3N. The van der Waals surface area contributed by atoms with Gasteiger partial charge >= 0.3 is 6.18 Å². The van der Waals surface area contributed by atoms with Gasteiger partial charge in [-0.3, -0.25) is 0 Å². The number of anilines is 1. The lowest BCUT2D eigenvalue weighted by Crippen LogP contribution is -2.07. The third kappa shape index (κ3) is 4.38. The van der Waals surface area contributed by atoms with Crippen molar-refractivity contribution in [2.45, 2.75) is 6.18 Å². The van der Waals surface area contributed by atoms with Crippen LogP contribution in [0.5, 0.6) is 0 Å². The highest BCUT2D eigenvalue weighted by molar-refractivity contribution is 9.11. The monoisotopic (exact) mass is 497 g/mol. The van der Waals surface area contributed by atoms with E-state index in [2.05, 4.69) is 31.9 Å². The maximum Gasteiger partial charge on any atom is 0.416 e. The Morgan fingerprint density at radius 2 is 1.11 bits per heavy atom. The van der Waals surface area contributed by atoms with Crippen LogP contribution >= 0.6 is 31.9 Å². The topological polar surface area (TPSA) is 3.24 Å². The van der Waals surface area contributed by atoms with Crippen LogP contribution in [0.25, 0.3) is 22.3 Å². The van der Waals surface area contributed by atoms with Crippen LogP contribution in [0.4, 0.5) is 18.9 Å². The fourth-order valence-corrected chi connectivity index (χ4v) is 3.91. The van der Waals surface area contributed by atoms with Crippen molar-refractivity contribution in [1.29, 1.82) is 0 Å². The molecule has 0 amide bonds. The van der Waals surface area contributed by atoms with Gasteiger partial charge in [0.15, 0.2) is 0 Å². The normalized spacial score (nSPS) is 11.5. The molecule has 3 aromatic carbocycles. The first-order chi connectivity index (χ1) is 12.7. The van der Waals surface area contributed by atoms with Crippen LogP contribution in [0.15, 0.2) is 69.6 Å². The van der Waals surface area contributed by atoms with Crippen molar-refractivity contribution in [3.63, 3.8) is 0 Å². The molecule has 27 heavy (non-hydrogen) atoms. The second kappa shape index (κ2) is 7.68. The average molecular weight is 499 g/mol. The van der Waals surface area contributed by atoms with E-state index in [4.69, 9.17) is 0 Å². The van der Waals surface area contributed by atoms with Gasteiger partial charge in [0.25, 0.3) is 0 Å². The molecule has 0 saturated carbocycles. The molecule has 0 fully saturated rings. The van der Waals surface area contributed by atoms with E-state index in [1.54, 1.807) is 0 Å². The Hall–Kier alpha value is -1.79. The lowest BCUT2D eigenvalue weighted by atomic mass is 9.99. The predicted molar refractivity (Wildman–Crippen MR) is 112 cm³/mol. The molecule has 3 rings (SSSR count). The molecule has 0 aromatic heterocycles. The molecule has 0 aliphatic heterocycles. The number of nitrogens with zero attached hydrogens (tertiary/aromatic N) is 1. The van der Waals surface area contributed by atoms with E-state index in [0.717, 1.165) is 43.5 Å². The van der Waals surface area contributed by atoms with E-state index >= 15 is 0 Å². The summed E-state index contributed by atoms with van der Waals surface area (Å²) >= 11 is 7.16. The van der Waals surface area contributed by atoms with E-state index in [1.165, 1.54) is 12.1 Å². The SMILES string of the molecule is CN(C)c1ccc(-c2cc(Br)c(-c3ccc(C(F)(F)F)cc3)cc2Br)cc1. The van der Waals surface area contributed by atoms with Crippen molar-refractivity contribution in [2.75, 3.05) is 19.0 Å². The highest BCUT2D eigenvalue weighted by Gasteiger charge is 2.30. The number of hydrogen-bond donors (Lipinski definition) is 0. The summed E-state index contributed by atoms with van der Waals surface area (Å²) in [7, 11) is 3.97. The van der Waals surface area contributed by atoms with Crippen molar-refractivity contribution < 1.29 is 13.2 Å². The summed E-state index contributed by atoms with van der Waals surface area (Å²) in [5.74, 6) is 0. The van der Waals surface area contributed by atoms with E-state index in [-0.39, 0.29) is 0 Å². The second-order valence-corrected chi connectivity index (χ2v) is 8.04. The first kappa shape index (κ1) is 20.0. The molecule has 0 unspecified atom stereocenters. The summed E-state index contributed by atoms with van der Waals surface area (Å²) < 4.78 is 40.0. The maximum absolute atomic E-state index is 12.8. The molecule has 0 heterocycles. The van der Waals surface area contributed by atoms with Gasteiger partial charge in [-0.1, -0.05) is 56.1 Å². The Morgan fingerprint density at radius 1 is 0.704 bits per heavy atom. The van der Waals surface area contributed by atoms with Gasteiger partial charge < -0.3 is 4.90 Å². The van der Waals surface area contributed by atoms with Gasteiger partial charge in [0.05, 0.1) is 5.56 Å². The average Bonchev–Trinajstić information content (AvgIpc) is 2.63. The van der Waals surface area contributed by atoms with Crippen molar-refractivity contribution >= 4 is 37.5 Å². The van der Waals surface area contributed by atoms with Gasteiger partial charge in [-0.2, -0.15) is 13.2 Å². The van der Waals surface area contributed by atoms with E-state index in [1.807, 2.05) is 55.4 Å². The van der Waals surface area contributed by atoms with Crippen LogP contribution in [0.2, 0.25) is 0 Å². The molecule has 6 heteroatoms. The van der Waals surface area contributed by atoms with E-state index < -0.39 is 11.7 Å². The first-order valence-electron chi connectivity index (χ1n) is 8.11. The summed E-state index contributed by atoms with van der Waals surface area (Å²) in [6.45, 7) is 0. The summed E-state index contributed by atoms with van der Waals surface area (Å²) in [4.78, 5) is 2.03. The molecule has 0 aliphatic rings. The molecule has 0 N–H and O–H groups in total. The molecule has 140 valence electrons. The zero-order chi connectivity index (χ0) is 19.8. The minimum absolute atomic E-state index is 0.654. The Kier molecular flexibility index (Phi) is 5.68. The van der Waals surface area contributed by atoms with Crippen LogP contribution in [-0.4, -0.2) is 14.1 Å². The summed E-state index contributed by atoms with van der Waals surface area (Å²) in [5, 5.41) is 0. The molecular weight excluding hydrogens is 483 g/mol. The molecule has 0 radical (unpaired) electrons. The minimum atomic E-state index is -4.33. The van der Waals surface area contributed by atoms with Crippen molar-refractivity contribution in [2.24, 2.45) is 0 Å². The van der Waals surface area contributed by atoms with Crippen LogP contribution in [0.1, 0.15) is 5.56 Å². The number of rotatable bonds is 3. The zero-order valence-electron chi connectivity index (χ0n) is 14.6. The van der Waals surface area contributed by atoms with Crippen molar-refractivity contribution in [1.82, 2.24) is 0 Å². The first-order valence-corrected chi connectivity index (χ1v) is 9.70. The third-order valence-electron chi connectivity index (χ3n) is 4.27. The Labute approximate surface area is 173 Å². The lowest BCUT2D eigenvalue weighted by Gasteiger charge is -2.15. The number of alkyl halides is 3. The second-order valence-electron chi connectivity index (χ2n) is 6.33. The van der Waals surface area contributed by atoms with E-state index in [0.29, 0.717) is 5.56 Å². The Morgan fingerprint density at radius 3 is 1.48 bits per heavy atom. The van der Waals surface area contributed by atoms with Crippen LogP contribution < -0.4 is 4.90 Å². The Bertz CT molecular complexity index is 947. The molecule has 3 aromatic rings. The quantitative estimate of drug-likeness (QED) is 0.358. The van der Waals surface area contributed by atoms with Gasteiger partial charge in [-0.05, 0) is 58.7 Å². The summed E-state index contributed by atoms with van der Waals surface area (Å²) in [6.07, 6.45) is -4.33. The van der Waals surface area contributed by atoms with Crippen LogP contribution in [0, 0.1) is 0 Å². The van der Waals surface area contributed by atoms with Gasteiger partial charge in [-0.15, -0.1) is 0 Å². The number of halogens is 5. The number of hydrogen-bond acceptors (Lipinski definition) is 1. The third-order valence-corrected chi connectivity index (χ3v) is 5.59. The Balaban J connectivity index is 1.97. The zero-order valence-corrected chi connectivity index (χ0v) is 17.8. The molecule has 0 atom stereocenters. The van der Waals surface area contributed by atoms with Crippen molar-refractivity contribution in [3.05, 3.63) is 75.2 Å². The van der Waals surface area contributed by atoms with E-state index in [9.17, 15) is 13.2 Å². The van der Waals surface area contributed by atoms with Gasteiger partial charge in [-0.25, -0.2) is 0 Å². The summed E-state index contributed by atoms with van der Waals surface area (Å²) in [5.41, 5.74) is 4.04. The van der Waals surface area contributed by atoms with Gasteiger partial charge in [0, 0.05) is 28.7 Å². The lowest BCUT2D eigenvalue weighted by molar-refractivity contribution is -0.137. The molecule has 0 spiro atoms. The summed E-state index contributed by atoms with van der Waals surface area (Å²) in [6, 6.07) is 17.2. The largest absolute Gasteiger partial charge is 0.416 e. The predicted octanol–water partition coefficient (Wildman–Crippen LogP) is 7.63. The van der Waals surface area contributed by atoms with Crippen LogP contribution in [0.3, 0.4) is 0 Å². The van der Waals surface area contributed by atoms with Crippen LogP contribution in [-0.2, 0) is 6.18 Å². The molecule has 0 saturated heterocycles. The standard InChI is InChI=1S/C21H16Br2F3N/c1-27(2)16-9-5-14(6-10-16)18-12-19(22)17(11-20(18)23)13-3-7-15(8-4-13)21(24,25)26/h3-12H,1-2H3. The minimum Gasteiger partial charge on any atom is -0.378 e. The molecule has 1 nitrogen and oxygen atoms in total. The smallest absolute Gasteiger partial charge is 0.378 e. The fraction of sp³-hybridized carbons (Fsp3) is 0.143. The van der Waals surface area contributed by atoms with Gasteiger partial charge in [0.2, 0.25) is 0 Å². The highest BCUT2D eigenvalue weighted by Crippen LogP contribution is 2.39. The number of benzene rings is 3. The maximum atomic E-state index is 12.8. The highest BCUT2D eigenvalue weighted by atomic mass is 79.9.